The lowest BCUT2D eigenvalue weighted by Crippen LogP contribution is -1.77. The lowest BCUT2D eigenvalue weighted by atomic mass is 10.4. The van der Waals surface area contributed by atoms with Crippen LogP contribution in [0, 0.1) is 0 Å². The molecular weight excluding hydrogens is 124 g/mol. The van der Waals surface area contributed by atoms with Gasteiger partial charge in [-0.15, -0.1) is 0 Å². The van der Waals surface area contributed by atoms with Crippen LogP contribution in [0.4, 0.5) is 0 Å². The average Bonchev–Trinajstić information content (AvgIpc) is 1.97. The number of ether oxygens (including phenoxy) is 1. The highest BCUT2D eigenvalue weighted by Gasteiger charge is 1.70. The topological polar surface area (TPSA) is 9.23 Å². The summed E-state index contributed by atoms with van der Waals surface area (Å²) in [5, 5.41) is 0. The van der Waals surface area contributed by atoms with E-state index >= 15 is 0 Å². The van der Waals surface area contributed by atoms with Crippen LogP contribution in [0.1, 0.15) is 13.3 Å². The van der Waals surface area contributed by atoms with Gasteiger partial charge in [0.15, 0.2) is 0 Å². The molecule has 0 atom stereocenters. The van der Waals surface area contributed by atoms with E-state index in [1.54, 1.807) is 12.3 Å². The maximum atomic E-state index is 5.00. The van der Waals surface area contributed by atoms with Crippen LogP contribution in [-0.4, -0.2) is 6.61 Å². The zero-order chi connectivity index (χ0) is 7.66. The Kier molecular flexibility index (Phi) is 7.23. The monoisotopic (exact) mass is 138 g/mol. The molecule has 0 spiro atoms. The van der Waals surface area contributed by atoms with Crippen LogP contribution in [-0.2, 0) is 4.74 Å². The maximum Gasteiger partial charge on any atom is 0.105 e. The maximum absolute atomic E-state index is 5.00. The number of hydrogen-bond acceptors (Lipinski definition) is 1. The van der Waals surface area contributed by atoms with Gasteiger partial charge in [-0.2, -0.15) is 0 Å². The lowest BCUT2D eigenvalue weighted by molar-refractivity contribution is 0.289. The average molecular weight is 138 g/mol. The van der Waals surface area contributed by atoms with E-state index in [9.17, 15) is 0 Å². The minimum Gasteiger partial charge on any atom is -0.497 e. The molecule has 0 amide bonds. The van der Waals surface area contributed by atoms with Crippen LogP contribution in [0.25, 0.3) is 0 Å². The van der Waals surface area contributed by atoms with E-state index < -0.39 is 0 Å². The zero-order valence-corrected chi connectivity index (χ0v) is 6.42. The van der Waals surface area contributed by atoms with Crippen molar-refractivity contribution in [1.82, 2.24) is 0 Å². The Hall–Kier alpha value is -0.980. The first-order valence-electron chi connectivity index (χ1n) is 3.40. The minimum atomic E-state index is 0.590. The van der Waals surface area contributed by atoms with Gasteiger partial charge in [-0.1, -0.05) is 24.8 Å². The van der Waals surface area contributed by atoms with E-state index in [1.807, 2.05) is 19.1 Å². The Balaban J connectivity index is 3.11. The van der Waals surface area contributed by atoms with Crippen molar-refractivity contribution in [3.63, 3.8) is 0 Å². The van der Waals surface area contributed by atoms with Crippen molar-refractivity contribution >= 4 is 0 Å². The molecule has 0 unspecified atom stereocenters. The van der Waals surface area contributed by atoms with Gasteiger partial charge in [0.1, 0.15) is 6.61 Å². The van der Waals surface area contributed by atoms with Crippen LogP contribution in [0.3, 0.4) is 0 Å². The Morgan fingerprint density at radius 3 is 2.80 bits per heavy atom. The van der Waals surface area contributed by atoms with Gasteiger partial charge in [0.05, 0.1) is 6.26 Å². The Morgan fingerprint density at radius 1 is 1.40 bits per heavy atom. The van der Waals surface area contributed by atoms with Crippen molar-refractivity contribution in [3.05, 3.63) is 37.1 Å². The van der Waals surface area contributed by atoms with Crippen LogP contribution in [0.2, 0.25) is 0 Å². The summed E-state index contributed by atoms with van der Waals surface area (Å²) in [5.41, 5.74) is 0. The third kappa shape index (κ3) is 7.02. The summed E-state index contributed by atoms with van der Waals surface area (Å²) in [6.07, 6.45) is 10.4. The molecule has 0 aliphatic carbocycles. The molecule has 56 valence electrons. The van der Waals surface area contributed by atoms with Crippen LogP contribution in [0.5, 0.6) is 0 Å². The van der Waals surface area contributed by atoms with Gasteiger partial charge in [0.2, 0.25) is 0 Å². The molecule has 0 radical (unpaired) electrons. The van der Waals surface area contributed by atoms with Gasteiger partial charge in [-0.25, -0.2) is 0 Å². The summed E-state index contributed by atoms with van der Waals surface area (Å²) in [7, 11) is 0. The molecule has 10 heavy (non-hydrogen) atoms. The standard InChI is InChI=1S/C9H14O/c1-3-5-6-7-9-10-8-4-2/h3-5,7,9H,2,6,8H2,1H3/b5-3+,9-7+. The van der Waals surface area contributed by atoms with E-state index in [4.69, 9.17) is 4.74 Å². The molecule has 0 aromatic heterocycles. The summed E-state index contributed by atoms with van der Waals surface area (Å²) in [4.78, 5) is 0. The quantitative estimate of drug-likeness (QED) is 0.322. The molecule has 0 aliphatic rings. The van der Waals surface area contributed by atoms with Gasteiger partial charge < -0.3 is 4.74 Å². The fraction of sp³-hybridized carbons (Fsp3) is 0.333. The highest BCUT2D eigenvalue weighted by molar-refractivity contribution is 4.88. The molecule has 0 heterocycles. The predicted octanol–water partition coefficient (Wildman–Crippen LogP) is 2.67. The van der Waals surface area contributed by atoms with E-state index in [0.717, 1.165) is 6.42 Å². The highest BCUT2D eigenvalue weighted by Crippen LogP contribution is 1.86. The zero-order valence-electron chi connectivity index (χ0n) is 6.42. The Morgan fingerprint density at radius 2 is 2.20 bits per heavy atom. The predicted molar refractivity (Wildman–Crippen MR) is 44.7 cm³/mol. The summed E-state index contributed by atoms with van der Waals surface area (Å²) < 4.78 is 5.00. The van der Waals surface area contributed by atoms with Crippen LogP contribution in [0.15, 0.2) is 37.1 Å². The third-order valence-corrected chi connectivity index (χ3v) is 0.914. The molecule has 0 fully saturated rings. The second kappa shape index (κ2) is 8.02. The summed E-state index contributed by atoms with van der Waals surface area (Å²) in [6.45, 7) is 6.11. The molecule has 0 aliphatic heterocycles. The van der Waals surface area contributed by atoms with Crippen molar-refractivity contribution in [2.75, 3.05) is 6.61 Å². The molecule has 0 rings (SSSR count). The molecule has 0 aromatic carbocycles. The molecule has 0 bridgehead atoms. The highest BCUT2D eigenvalue weighted by atomic mass is 16.5. The normalized spacial score (nSPS) is 10.9. The third-order valence-electron chi connectivity index (χ3n) is 0.914. The first-order valence-corrected chi connectivity index (χ1v) is 3.40. The molecule has 0 saturated carbocycles. The van der Waals surface area contributed by atoms with Crippen molar-refractivity contribution in [1.29, 1.82) is 0 Å². The minimum absolute atomic E-state index is 0.590. The SMILES string of the molecule is C=CCO/C=C/C/C=C/C. The number of hydrogen-bond donors (Lipinski definition) is 0. The first kappa shape index (κ1) is 9.02. The second-order valence-corrected chi connectivity index (χ2v) is 1.80. The van der Waals surface area contributed by atoms with Gasteiger partial charge in [-0.3, -0.25) is 0 Å². The largest absolute Gasteiger partial charge is 0.497 e. The number of rotatable bonds is 5. The first-order chi connectivity index (χ1) is 4.91. The van der Waals surface area contributed by atoms with Crippen LogP contribution >= 0.6 is 0 Å². The molecule has 0 saturated heterocycles. The van der Waals surface area contributed by atoms with Crippen molar-refractivity contribution in [2.45, 2.75) is 13.3 Å². The van der Waals surface area contributed by atoms with Gasteiger partial charge in [0.25, 0.3) is 0 Å². The van der Waals surface area contributed by atoms with Crippen molar-refractivity contribution < 1.29 is 4.74 Å². The molecule has 0 aromatic rings. The fourth-order valence-corrected chi connectivity index (χ4v) is 0.462. The molecule has 0 N–H and O–H groups in total. The molecule has 1 heteroatoms. The van der Waals surface area contributed by atoms with E-state index in [-0.39, 0.29) is 0 Å². The smallest absolute Gasteiger partial charge is 0.105 e. The second-order valence-electron chi connectivity index (χ2n) is 1.80. The number of allylic oxidation sites excluding steroid dienone is 3. The summed E-state index contributed by atoms with van der Waals surface area (Å²) in [5.74, 6) is 0. The van der Waals surface area contributed by atoms with Crippen LogP contribution < -0.4 is 0 Å². The van der Waals surface area contributed by atoms with Gasteiger partial charge in [-0.05, 0) is 19.4 Å². The van der Waals surface area contributed by atoms with Crippen molar-refractivity contribution in [2.24, 2.45) is 0 Å². The fourth-order valence-electron chi connectivity index (χ4n) is 0.462. The van der Waals surface area contributed by atoms with Gasteiger partial charge >= 0.3 is 0 Å². The molecular formula is C9H14O. The Labute approximate surface area is 62.7 Å². The van der Waals surface area contributed by atoms with E-state index in [2.05, 4.69) is 12.7 Å². The summed E-state index contributed by atoms with van der Waals surface area (Å²) in [6, 6.07) is 0. The lowest BCUT2D eigenvalue weighted by Gasteiger charge is -1.90. The Bertz CT molecular complexity index is 123. The molecule has 1 nitrogen and oxygen atoms in total. The van der Waals surface area contributed by atoms with Crippen molar-refractivity contribution in [3.8, 4) is 0 Å². The van der Waals surface area contributed by atoms with E-state index in [1.165, 1.54) is 0 Å². The van der Waals surface area contributed by atoms with E-state index in [0.29, 0.717) is 6.61 Å². The van der Waals surface area contributed by atoms with Gasteiger partial charge in [0, 0.05) is 0 Å². The summed E-state index contributed by atoms with van der Waals surface area (Å²) >= 11 is 0.